The molecule has 172 valence electrons. The second-order valence-corrected chi connectivity index (χ2v) is 9.69. The summed E-state index contributed by atoms with van der Waals surface area (Å²) >= 11 is 0. The third-order valence-electron chi connectivity index (χ3n) is 5.95. The number of aromatic nitrogens is 2. The van der Waals surface area contributed by atoms with Crippen LogP contribution in [0.2, 0.25) is 0 Å². The van der Waals surface area contributed by atoms with E-state index >= 15 is 0 Å². The minimum atomic E-state index is -0.354. The van der Waals surface area contributed by atoms with Gasteiger partial charge in [-0.3, -0.25) is 4.79 Å². The number of aldehydes is 1. The van der Waals surface area contributed by atoms with Crippen molar-refractivity contribution in [3.05, 3.63) is 78.2 Å². The third-order valence-corrected chi connectivity index (χ3v) is 5.95. The molecule has 0 spiro atoms. The molecule has 0 saturated carbocycles. The number of rotatable bonds is 6. The van der Waals surface area contributed by atoms with E-state index in [0.717, 1.165) is 28.9 Å². The van der Waals surface area contributed by atoms with Crippen molar-refractivity contribution in [3.8, 4) is 11.3 Å². The van der Waals surface area contributed by atoms with Gasteiger partial charge in [-0.2, -0.15) is 0 Å². The fourth-order valence-corrected chi connectivity index (χ4v) is 4.42. The smallest absolute Gasteiger partial charge is 0.249 e. The van der Waals surface area contributed by atoms with Crippen LogP contribution < -0.4 is 0 Å². The van der Waals surface area contributed by atoms with Crippen molar-refractivity contribution in [2.45, 2.75) is 33.4 Å². The number of ether oxygens (including phenoxy) is 1. The number of hydrogen-bond donors (Lipinski definition) is 0. The third kappa shape index (κ3) is 5.22. The summed E-state index contributed by atoms with van der Waals surface area (Å²) in [6, 6.07) is 20.0. The van der Waals surface area contributed by atoms with Crippen LogP contribution in [0.4, 0.5) is 0 Å². The maximum Gasteiger partial charge on any atom is 0.249 e. The summed E-state index contributed by atoms with van der Waals surface area (Å²) in [5.41, 5.74) is 2.72. The molecule has 0 radical (unpaired) electrons. The number of benzene rings is 2. The van der Waals surface area contributed by atoms with Crippen molar-refractivity contribution in [3.63, 3.8) is 0 Å². The number of amides is 1. The Morgan fingerprint density at radius 3 is 2.39 bits per heavy atom. The molecule has 33 heavy (non-hydrogen) atoms. The van der Waals surface area contributed by atoms with Gasteiger partial charge in [-0.25, -0.2) is 4.98 Å². The molecular weight excluding hydrogens is 414 g/mol. The fourth-order valence-electron chi connectivity index (χ4n) is 4.42. The quantitative estimate of drug-likeness (QED) is 0.529. The van der Waals surface area contributed by atoms with Crippen molar-refractivity contribution in [1.29, 1.82) is 0 Å². The first kappa shape index (κ1) is 22.9. The number of nitrogens with zero attached hydrogens (tertiary/aromatic N) is 3. The minimum Gasteiger partial charge on any atom is -0.371 e. The molecule has 1 aliphatic rings. The number of carbonyl (C=O) groups excluding carboxylic acids is 2. The van der Waals surface area contributed by atoms with E-state index in [-0.39, 0.29) is 36.5 Å². The molecule has 1 aliphatic heterocycles. The number of imidazole rings is 1. The molecule has 6 nitrogen and oxygen atoms in total. The van der Waals surface area contributed by atoms with E-state index in [1.54, 1.807) is 4.90 Å². The van der Waals surface area contributed by atoms with E-state index in [1.807, 2.05) is 48.5 Å². The maximum absolute atomic E-state index is 13.1. The zero-order valence-corrected chi connectivity index (χ0v) is 19.5. The van der Waals surface area contributed by atoms with E-state index in [1.165, 1.54) is 0 Å². The molecule has 6 heteroatoms. The molecular formula is C27H31N3O3. The highest BCUT2D eigenvalue weighted by molar-refractivity contribution is 5.79. The van der Waals surface area contributed by atoms with Gasteiger partial charge < -0.3 is 19.0 Å². The van der Waals surface area contributed by atoms with Crippen LogP contribution in [0.25, 0.3) is 11.3 Å². The largest absolute Gasteiger partial charge is 0.371 e. The first-order valence-electron chi connectivity index (χ1n) is 11.4. The Hall–Kier alpha value is -3.25. The monoisotopic (exact) mass is 445 g/mol. The predicted molar refractivity (Wildman–Crippen MR) is 127 cm³/mol. The van der Waals surface area contributed by atoms with E-state index < -0.39 is 0 Å². The molecule has 3 aromatic rings. The van der Waals surface area contributed by atoms with Gasteiger partial charge in [0, 0.05) is 24.8 Å². The van der Waals surface area contributed by atoms with Crippen molar-refractivity contribution in [1.82, 2.24) is 14.5 Å². The van der Waals surface area contributed by atoms with Gasteiger partial charge in [-0.1, -0.05) is 81.4 Å². The lowest BCUT2D eigenvalue weighted by Crippen LogP contribution is -2.45. The highest BCUT2D eigenvalue weighted by atomic mass is 16.5. The summed E-state index contributed by atoms with van der Waals surface area (Å²) in [5, 5.41) is 0. The highest BCUT2D eigenvalue weighted by Crippen LogP contribution is 2.39. The Morgan fingerprint density at radius 2 is 1.76 bits per heavy atom. The second kappa shape index (κ2) is 9.71. The molecule has 2 heterocycles. The highest BCUT2D eigenvalue weighted by Gasteiger charge is 2.40. The molecule has 0 aliphatic carbocycles. The van der Waals surface area contributed by atoms with Crippen LogP contribution in [0.15, 0.2) is 66.9 Å². The molecule has 4 rings (SSSR count). The molecule has 1 aromatic heterocycles. The summed E-state index contributed by atoms with van der Waals surface area (Å²) in [5.74, 6) is 0.340. The van der Waals surface area contributed by atoms with Crippen molar-refractivity contribution in [2.24, 2.45) is 11.3 Å². The zero-order valence-electron chi connectivity index (χ0n) is 19.5. The second-order valence-electron chi connectivity index (χ2n) is 9.69. The van der Waals surface area contributed by atoms with E-state index in [4.69, 9.17) is 9.72 Å². The Morgan fingerprint density at radius 1 is 1.09 bits per heavy atom. The Balaban J connectivity index is 1.83. The van der Waals surface area contributed by atoms with E-state index in [9.17, 15) is 9.59 Å². The Labute approximate surface area is 195 Å². The van der Waals surface area contributed by atoms with Crippen LogP contribution in [-0.4, -0.2) is 46.4 Å². The summed E-state index contributed by atoms with van der Waals surface area (Å²) in [6.07, 6.45) is 2.95. The lowest BCUT2D eigenvalue weighted by molar-refractivity contribution is -0.139. The van der Waals surface area contributed by atoms with Crippen LogP contribution in [0.1, 0.15) is 38.2 Å². The van der Waals surface area contributed by atoms with Gasteiger partial charge in [0.15, 0.2) is 0 Å². The number of hydrogen-bond acceptors (Lipinski definition) is 4. The van der Waals surface area contributed by atoms with E-state index in [0.29, 0.717) is 13.1 Å². The van der Waals surface area contributed by atoms with Crippen molar-refractivity contribution >= 4 is 12.2 Å². The van der Waals surface area contributed by atoms with Gasteiger partial charge in [0.2, 0.25) is 5.91 Å². The standard InChI is InChI=1S/C27H31N3O3/c1-27(2,3)25(30-15-21(17-31)18-33-19-24(30)32)26-28-23(22-12-8-5-9-13-22)16-29(26)14-20-10-6-4-7-11-20/h4-13,16-17,21,25H,14-15,18-19H2,1-3H3. The van der Waals surface area contributed by atoms with Crippen LogP contribution in [0.5, 0.6) is 0 Å². The van der Waals surface area contributed by atoms with Crippen molar-refractivity contribution < 1.29 is 14.3 Å². The molecule has 2 atom stereocenters. The Bertz CT molecular complexity index is 1090. The minimum absolute atomic E-state index is 0.0259. The van der Waals surface area contributed by atoms with Gasteiger partial charge in [-0.05, 0) is 11.0 Å². The topological polar surface area (TPSA) is 64.4 Å². The van der Waals surface area contributed by atoms with Gasteiger partial charge in [0.25, 0.3) is 0 Å². The summed E-state index contributed by atoms with van der Waals surface area (Å²) in [7, 11) is 0. The molecule has 0 bridgehead atoms. The molecule has 2 aromatic carbocycles. The van der Waals surface area contributed by atoms with Crippen molar-refractivity contribution in [2.75, 3.05) is 19.8 Å². The van der Waals surface area contributed by atoms with Crippen LogP contribution in [0, 0.1) is 11.3 Å². The van der Waals surface area contributed by atoms with Crippen LogP contribution in [0.3, 0.4) is 0 Å². The first-order valence-corrected chi connectivity index (χ1v) is 11.4. The fraction of sp³-hybridized carbons (Fsp3) is 0.370. The van der Waals surface area contributed by atoms with Crippen LogP contribution >= 0.6 is 0 Å². The summed E-state index contributed by atoms with van der Waals surface area (Å²) in [4.78, 5) is 31.6. The first-order chi connectivity index (χ1) is 15.9. The lowest BCUT2D eigenvalue weighted by Gasteiger charge is -2.39. The molecule has 1 amide bonds. The molecule has 1 fully saturated rings. The number of carbonyl (C=O) groups is 2. The molecule has 0 N–H and O–H groups in total. The normalized spacial score (nSPS) is 18.1. The van der Waals surface area contributed by atoms with Gasteiger partial charge in [0.05, 0.1) is 24.3 Å². The van der Waals surface area contributed by atoms with Gasteiger partial charge in [-0.15, -0.1) is 0 Å². The summed E-state index contributed by atoms with van der Waals surface area (Å²) in [6.45, 7) is 7.52. The SMILES string of the molecule is CC(C)(C)C(c1nc(-c2ccccc2)cn1Cc1ccccc1)N1CC(C=O)COCC1=O. The molecule has 1 saturated heterocycles. The lowest BCUT2D eigenvalue weighted by atomic mass is 9.84. The average molecular weight is 446 g/mol. The molecule has 2 unspecified atom stereocenters. The van der Waals surface area contributed by atoms with Gasteiger partial charge >= 0.3 is 0 Å². The maximum atomic E-state index is 13.1. The predicted octanol–water partition coefficient (Wildman–Crippen LogP) is 4.36. The zero-order chi connectivity index (χ0) is 23.4. The van der Waals surface area contributed by atoms with Gasteiger partial charge in [0.1, 0.15) is 18.7 Å². The van der Waals surface area contributed by atoms with E-state index in [2.05, 4.69) is 43.7 Å². The van der Waals surface area contributed by atoms with Crippen LogP contribution in [-0.2, 0) is 20.9 Å². The summed E-state index contributed by atoms with van der Waals surface area (Å²) < 4.78 is 7.63. The Kier molecular flexibility index (Phi) is 6.75. The average Bonchev–Trinajstić information content (AvgIpc) is 3.11.